The van der Waals surface area contributed by atoms with Crippen molar-refractivity contribution >= 4 is 28.6 Å². The highest BCUT2D eigenvalue weighted by atomic mass is 35.5. The second-order valence-corrected chi connectivity index (χ2v) is 11.3. The number of rotatable bonds is 7. The minimum absolute atomic E-state index is 0.00222. The fourth-order valence-electron chi connectivity index (χ4n) is 4.79. The van der Waals surface area contributed by atoms with E-state index in [-0.39, 0.29) is 29.4 Å². The van der Waals surface area contributed by atoms with Crippen LogP contribution in [-0.2, 0) is 16.3 Å². The molecule has 0 bridgehead atoms. The van der Waals surface area contributed by atoms with E-state index < -0.39 is 28.8 Å². The minimum atomic E-state index is -4.69. The summed E-state index contributed by atoms with van der Waals surface area (Å²) in [5.41, 5.74) is 3.30. The smallest absolute Gasteiger partial charge is 0.417 e. The first-order chi connectivity index (χ1) is 17.0. The molecule has 3 aromatic rings. The summed E-state index contributed by atoms with van der Waals surface area (Å²) < 4.78 is 55.7. The number of halogens is 4. The Labute approximate surface area is 220 Å². The number of amides is 1. The van der Waals surface area contributed by atoms with Crippen LogP contribution in [0.2, 0.25) is 5.02 Å². The summed E-state index contributed by atoms with van der Waals surface area (Å²) in [6.45, 7) is 10.5. The summed E-state index contributed by atoms with van der Waals surface area (Å²) in [6, 6.07) is 9.41. The Balaban J connectivity index is 2.23. The molecule has 1 atom stereocenters. The fourth-order valence-corrected chi connectivity index (χ4v) is 4.96. The summed E-state index contributed by atoms with van der Waals surface area (Å²) in [5.74, 6) is 0.185. The lowest BCUT2D eigenvalue weighted by Crippen LogP contribution is -2.41. The number of nitrogens with zero attached hydrogens (tertiary/aromatic N) is 1. The van der Waals surface area contributed by atoms with Gasteiger partial charge in [0.1, 0.15) is 18.0 Å². The maximum absolute atomic E-state index is 14.8. The third-order valence-corrected chi connectivity index (χ3v) is 6.15. The van der Waals surface area contributed by atoms with Crippen LogP contribution in [-0.4, -0.2) is 23.3 Å². The molecule has 2 N–H and O–H groups in total. The molecule has 1 heterocycles. The lowest BCUT2D eigenvalue weighted by Gasteiger charge is -2.33. The van der Waals surface area contributed by atoms with Crippen molar-refractivity contribution in [3.05, 3.63) is 58.7 Å². The highest BCUT2D eigenvalue weighted by Crippen LogP contribution is 2.48. The lowest BCUT2D eigenvalue weighted by molar-refractivity contribution is -0.138. The lowest BCUT2D eigenvalue weighted by atomic mass is 9.79. The van der Waals surface area contributed by atoms with Crippen LogP contribution in [0.1, 0.15) is 59.1 Å². The van der Waals surface area contributed by atoms with E-state index in [0.717, 1.165) is 0 Å². The molecule has 1 unspecified atom stereocenters. The molecule has 2 aromatic carbocycles. The highest BCUT2D eigenvalue weighted by molar-refractivity contribution is 6.31. The van der Waals surface area contributed by atoms with Crippen molar-refractivity contribution in [1.82, 2.24) is 4.98 Å². The molecule has 1 aromatic heterocycles. The highest BCUT2D eigenvalue weighted by Gasteiger charge is 2.42. The number of alkyl halides is 3. The van der Waals surface area contributed by atoms with E-state index in [0.29, 0.717) is 27.9 Å². The second kappa shape index (κ2) is 10.4. The molecule has 0 fully saturated rings. The van der Waals surface area contributed by atoms with Crippen LogP contribution in [0.25, 0.3) is 22.0 Å². The number of pyridine rings is 1. The van der Waals surface area contributed by atoms with Crippen molar-refractivity contribution in [2.45, 2.75) is 65.2 Å². The van der Waals surface area contributed by atoms with Gasteiger partial charge in [-0.25, -0.2) is 4.79 Å². The summed E-state index contributed by atoms with van der Waals surface area (Å²) in [4.78, 5) is 15.8. The van der Waals surface area contributed by atoms with Crippen LogP contribution in [0.15, 0.2) is 42.6 Å². The molecule has 1 amide bonds. The van der Waals surface area contributed by atoms with Crippen molar-refractivity contribution in [1.29, 1.82) is 0 Å². The molecule has 0 aliphatic carbocycles. The summed E-state index contributed by atoms with van der Waals surface area (Å²) in [7, 11) is 0. The third-order valence-electron chi connectivity index (χ3n) is 5.92. The zero-order valence-corrected chi connectivity index (χ0v) is 22.6. The predicted octanol–water partition coefficient (Wildman–Crippen LogP) is 8.15. The maximum Gasteiger partial charge on any atom is 0.417 e. The van der Waals surface area contributed by atoms with E-state index in [1.165, 1.54) is 18.3 Å². The van der Waals surface area contributed by atoms with Gasteiger partial charge in [0.2, 0.25) is 0 Å². The number of carbonyl (C=O) groups excluding carboxylic acids is 1. The van der Waals surface area contributed by atoms with Crippen molar-refractivity contribution in [2.75, 3.05) is 6.61 Å². The van der Waals surface area contributed by atoms with Gasteiger partial charge >= 0.3 is 12.3 Å². The summed E-state index contributed by atoms with van der Waals surface area (Å²) in [6.07, 6.45) is -3.78. The van der Waals surface area contributed by atoms with Gasteiger partial charge in [-0.15, -0.1) is 0 Å². The van der Waals surface area contributed by atoms with Crippen molar-refractivity contribution in [3.63, 3.8) is 0 Å². The Bertz CT molecular complexity index is 1300. The van der Waals surface area contributed by atoms with Gasteiger partial charge < -0.3 is 15.2 Å². The number of benzene rings is 2. The largest absolute Gasteiger partial charge is 0.489 e. The Morgan fingerprint density at radius 3 is 2.27 bits per heavy atom. The number of fused-ring (bicyclic) bond motifs is 1. The van der Waals surface area contributed by atoms with E-state index >= 15 is 0 Å². The molecule has 0 saturated heterocycles. The van der Waals surface area contributed by atoms with E-state index in [9.17, 15) is 18.0 Å². The normalized spacial score (nSPS) is 14.0. The molecular weight excluding hydrogens is 505 g/mol. The molecule has 5 nitrogen and oxygen atoms in total. The Hall–Kier alpha value is -3.00. The van der Waals surface area contributed by atoms with Crippen LogP contribution in [0.5, 0.6) is 5.75 Å². The zero-order chi connectivity index (χ0) is 27.8. The van der Waals surface area contributed by atoms with Gasteiger partial charge in [0.05, 0.1) is 11.1 Å². The van der Waals surface area contributed by atoms with E-state index in [1.54, 1.807) is 52.0 Å². The van der Waals surface area contributed by atoms with Gasteiger partial charge in [0.25, 0.3) is 0 Å². The number of carbonyl (C=O) groups is 1. The van der Waals surface area contributed by atoms with Crippen LogP contribution in [0.3, 0.4) is 0 Å². The number of aromatic nitrogens is 1. The molecule has 9 heteroatoms. The molecule has 0 aliphatic heterocycles. The van der Waals surface area contributed by atoms with Gasteiger partial charge in [-0.1, -0.05) is 58.4 Å². The molecule has 0 radical (unpaired) electrons. The Kier molecular flexibility index (Phi) is 8.03. The monoisotopic (exact) mass is 536 g/mol. The summed E-state index contributed by atoms with van der Waals surface area (Å²) in [5, 5.41) is 0.986. The van der Waals surface area contributed by atoms with Crippen molar-refractivity contribution < 1.29 is 27.4 Å². The Morgan fingerprint density at radius 1 is 1.03 bits per heavy atom. The number of ether oxygens (including phenoxy) is 2. The number of nitrogens with two attached hydrogens (primary N) is 1. The first kappa shape index (κ1) is 28.6. The minimum Gasteiger partial charge on any atom is -0.489 e. The average Bonchev–Trinajstić information content (AvgIpc) is 2.74. The number of hydrogen-bond acceptors (Lipinski definition) is 4. The standard InChI is InChI=1S/C28H32ClF3N2O3/c1-16(2)14-27(6,37-25(33)35)15-36-22-10-9-20(23(28(30,31)32)24(22)26(3,4)5)18-11-12-34-21-13-17(29)7-8-19(18)21/h7-13,16H,14-15H2,1-6H3,(H2,33,35). The summed E-state index contributed by atoms with van der Waals surface area (Å²) >= 11 is 6.09. The molecule has 200 valence electrons. The average molecular weight is 537 g/mol. The van der Waals surface area contributed by atoms with Gasteiger partial charge in [-0.05, 0) is 60.1 Å². The van der Waals surface area contributed by atoms with E-state index in [2.05, 4.69) is 4.98 Å². The van der Waals surface area contributed by atoms with Crippen molar-refractivity contribution in [3.8, 4) is 16.9 Å². The second-order valence-electron chi connectivity index (χ2n) is 10.9. The van der Waals surface area contributed by atoms with E-state index in [4.69, 9.17) is 26.8 Å². The van der Waals surface area contributed by atoms with Crippen LogP contribution < -0.4 is 10.5 Å². The van der Waals surface area contributed by atoms with Gasteiger partial charge in [0.15, 0.2) is 0 Å². The predicted molar refractivity (Wildman–Crippen MR) is 140 cm³/mol. The van der Waals surface area contributed by atoms with Crippen LogP contribution in [0.4, 0.5) is 18.0 Å². The van der Waals surface area contributed by atoms with Crippen LogP contribution >= 0.6 is 11.6 Å². The zero-order valence-electron chi connectivity index (χ0n) is 21.8. The molecule has 0 aliphatic rings. The SMILES string of the molecule is CC(C)CC(C)(COc1ccc(-c2ccnc3cc(Cl)ccc23)c(C(F)(F)F)c1C(C)(C)C)OC(N)=O. The maximum atomic E-state index is 14.8. The molecule has 0 spiro atoms. The topological polar surface area (TPSA) is 74.4 Å². The first-order valence-electron chi connectivity index (χ1n) is 11.9. The number of primary amides is 1. The molecular formula is C28H32ClF3N2O3. The number of hydrogen-bond donors (Lipinski definition) is 1. The van der Waals surface area contributed by atoms with Gasteiger partial charge in [0, 0.05) is 22.2 Å². The van der Waals surface area contributed by atoms with Gasteiger partial charge in [-0.3, -0.25) is 4.98 Å². The third kappa shape index (κ3) is 6.66. The Morgan fingerprint density at radius 2 is 1.70 bits per heavy atom. The fraction of sp³-hybridized carbons (Fsp3) is 0.429. The molecule has 3 rings (SSSR count). The van der Waals surface area contributed by atoms with Gasteiger partial charge in [-0.2, -0.15) is 13.2 Å². The molecule has 0 saturated carbocycles. The van der Waals surface area contributed by atoms with Crippen molar-refractivity contribution in [2.24, 2.45) is 11.7 Å². The van der Waals surface area contributed by atoms with Crippen LogP contribution in [0, 0.1) is 5.92 Å². The quantitative estimate of drug-likeness (QED) is 0.330. The molecule has 37 heavy (non-hydrogen) atoms. The first-order valence-corrected chi connectivity index (χ1v) is 12.3. The van der Waals surface area contributed by atoms with E-state index in [1.807, 2.05) is 13.8 Å².